The van der Waals surface area contributed by atoms with E-state index in [2.05, 4.69) is 0 Å². The standard InChI is InChI=1S/C12H14O4/c13-10-5-3-9(4-6-10)12(14)16-8-11-2-1-7-15-11/h3-6,11,13H,1-2,7-8H2. The summed E-state index contributed by atoms with van der Waals surface area (Å²) in [6.45, 7) is 1.06. The number of carbonyl (C=O) groups excluding carboxylic acids is 1. The molecular weight excluding hydrogens is 208 g/mol. The first-order valence-electron chi connectivity index (χ1n) is 5.33. The van der Waals surface area contributed by atoms with E-state index < -0.39 is 0 Å². The molecule has 0 saturated carbocycles. The molecule has 4 nitrogen and oxygen atoms in total. The molecule has 1 N–H and O–H groups in total. The average Bonchev–Trinajstić information content (AvgIpc) is 2.80. The van der Waals surface area contributed by atoms with Gasteiger partial charge < -0.3 is 14.6 Å². The number of hydrogen-bond acceptors (Lipinski definition) is 4. The summed E-state index contributed by atoms with van der Waals surface area (Å²) in [5, 5.41) is 9.07. The van der Waals surface area contributed by atoms with E-state index in [1.165, 1.54) is 24.3 Å². The number of hydrogen-bond donors (Lipinski definition) is 1. The highest BCUT2D eigenvalue weighted by Gasteiger charge is 2.17. The zero-order chi connectivity index (χ0) is 11.4. The Morgan fingerprint density at radius 3 is 2.81 bits per heavy atom. The maximum absolute atomic E-state index is 11.6. The van der Waals surface area contributed by atoms with Crippen LogP contribution in [0.3, 0.4) is 0 Å². The van der Waals surface area contributed by atoms with Crippen molar-refractivity contribution in [2.75, 3.05) is 13.2 Å². The van der Waals surface area contributed by atoms with Gasteiger partial charge in [-0.25, -0.2) is 4.79 Å². The molecule has 0 aromatic heterocycles. The Kier molecular flexibility index (Phi) is 3.41. The van der Waals surface area contributed by atoms with Crippen molar-refractivity contribution in [2.24, 2.45) is 0 Å². The molecule has 0 spiro atoms. The Morgan fingerprint density at radius 2 is 2.19 bits per heavy atom. The molecule has 1 aromatic rings. The molecule has 0 amide bonds. The molecule has 2 rings (SSSR count). The van der Waals surface area contributed by atoms with Crippen molar-refractivity contribution < 1.29 is 19.4 Å². The minimum atomic E-state index is -0.379. The Bertz CT molecular complexity index is 352. The van der Waals surface area contributed by atoms with Crippen LogP contribution >= 0.6 is 0 Å². The monoisotopic (exact) mass is 222 g/mol. The quantitative estimate of drug-likeness (QED) is 0.791. The van der Waals surface area contributed by atoms with Crippen LogP contribution in [0.5, 0.6) is 5.75 Å². The van der Waals surface area contributed by atoms with Crippen LogP contribution in [-0.4, -0.2) is 30.4 Å². The summed E-state index contributed by atoms with van der Waals surface area (Å²) < 4.78 is 10.4. The van der Waals surface area contributed by atoms with E-state index >= 15 is 0 Å². The van der Waals surface area contributed by atoms with Crippen LogP contribution in [0.15, 0.2) is 24.3 Å². The molecule has 16 heavy (non-hydrogen) atoms. The van der Waals surface area contributed by atoms with Gasteiger partial charge in [-0.1, -0.05) is 0 Å². The van der Waals surface area contributed by atoms with Gasteiger partial charge in [0, 0.05) is 6.61 Å². The molecule has 1 fully saturated rings. The lowest BCUT2D eigenvalue weighted by Crippen LogP contribution is -2.17. The summed E-state index contributed by atoms with van der Waals surface area (Å²) in [4.78, 5) is 11.6. The molecule has 86 valence electrons. The highest BCUT2D eigenvalue weighted by Crippen LogP contribution is 2.14. The number of carbonyl (C=O) groups is 1. The first-order chi connectivity index (χ1) is 7.75. The van der Waals surface area contributed by atoms with E-state index in [1.54, 1.807) is 0 Å². The van der Waals surface area contributed by atoms with Crippen LogP contribution in [-0.2, 0) is 9.47 Å². The predicted octanol–water partition coefficient (Wildman–Crippen LogP) is 1.73. The largest absolute Gasteiger partial charge is 0.508 e. The van der Waals surface area contributed by atoms with Crippen LogP contribution in [0.1, 0.15) is 23.2 Å². The molecule has 1 aromatic carbocycles. The minimum absolute atomic E-state index is 0.0427. The van der Waals surface area contributed by atoms with Crippen molar-refractivity contribution in [1.29, 1.82) is 0 Å². The van der Waals surface area contributed by atoms with Crippen molar-refractivity contribution in [2.45, 2.75) is 18.9 Å². The summed E-state index contributed by atoms with van der Waals surface area (Å²) >= 11 is 0. The Hall–Kier alpha value is -1.55. The normalized spacial score (nSPS) is 19.6. The topological polar surface area (TPSA) is 55.8 Å². The fourth-order valence-corrected chi connectivity index (χ4v) is 1.63. The molecule has 0 radical (unpaired) electrons. The number of aromatic hydroxyl groups is 1. The summed E-state index contributed by atoms with van der Waals surface area (Å²) in [5.74, 6) is -0.244. The molecule has 1 saturated heterocycles. The average molecular weight is 222 g/mol. The van der Waals surface area contributed by atoms with Gasteiger partial charge in [0.2, 0.25) is 0 Å². The first kappa shape index (κ1) is 11.0. The molecule has 4 heteroatoms. The SMILES string of the molecule is O=C(OCC1CCCO1)c1ccc(O)cc1. The third-order valence-corrected chi connectivity index (χ3v) is 2.53. The van der Waals surface area contributed by atoms with Crippen LogP contribution in [0.4, 0.5) is 0 Å². The van der Waals surface area contributed by atoms with E-state index in [-0.39, 0.29) is 17.8 Å². The highest BCUT2D eigenvalue weighted by molar-refractivity contribution is 5.89. The molecule has 0 bridgehead atoms. The number of rotatable bonds is 3. The van der Waals surface area contributed by atoms with Gasteiger partial charge in [0.1, 0.15) is 12.4 Å². The molecule has 1 aliphatic rings. The summed E-state index contributed by atoms with van der Waals surface area (Å²) in [6, 6.07) is 5.99. The first-order valence-corrected chi connectivity index (χ1v) is 5.33. The highest BCUT2D eigenvalue weighted by atomic mass is 16.6. The number of phenols is 1. The fourth-order valence-electron chi connectivity index (χ4n) is 1.63. The molecule has 1 atom stereocenters. The molecule has 0 aliphatic carbocycles. The van der Waals surface area contributed by atoms with Crippen LogP contribution in [0.25, 0.3) is 0 Å². The smallest absolute Gasteiger partial charge is 0.338 e. The fraction of sp³-hybridized carbons (Fsp3) is 0.417. The number of phenolic OH excluding ortho intramolecular Hbond substituents is 1. The second-order valence-corrected chi connectivity index (χ2v) is 3.78. The number of esters is 1. The third kappa shape index (κ3) is 2.73. The predicted molar refractivity (Wildman–Crippen MR) is 57.4 cm³/mol. The van der Waals surface area contributed by atoms with Crippen LogP contribution < -0.4 is 0 Å². The maximum Gasteiger partial charge on any atom is 0.338 e. The van der Waals surface area contributed by atoms with Gasteiger partial charge in [0.15, 0.2) is 0 Å². The summed E-state index contributed by atoms with van der Waals surface area (Å²) in [7, 11) is 0. The lowest BCUT2D eigenvalue weighted by Gasteiger charge is -2.09. The zero-order valence-electron chi connectivity index (χ0n) is 8.89. The van der Waals surface area contributed by atoms with Gasteiger partial charge in [-0.2, -0.15) is 0 Å². The maximum atomic E-state index is 11.6. The second kappa shape index (κ2) is 4.99. The Morgan fingerprint density at radius 1 is 1.44 bits per heavy atom. The van der Waals surface area contributed by atoms with Crippen LogP contribution in [0, 0.1) is 0 Å². The molecule has 1 aliphatic heterocycles. The number of ether oxygens (including phenoxy) is 2. The second-order valence-electron chi connectivity index (χ2n) is 3.78. The number of benzene rings is 1. The van der Waals surface area contributed by atoms with E-state index in [1.807, 2.05) is 0 Å². The zero-order valence-corrected chi connectivity index (χ0v) is 8.89. The van der Waals surface area contributed by atoms with E-state index in [9.17, 15) is 4.79 Å². The van der Waals surface area contributed by atoms with Crippen molar-refractivity contribution in [1.82, 2.24) is 0 Å². The van der Waals surface area contributed by atoms with Crippen molar-refractivity contribution in [3.8, 4) is 5.75 Å². The third-order valence-electron chi connectivity index (χ3n) is 2.53. The van der Waals surface area contributed by atoms with Gasteiger partial charge in [0.25, 0.3) is 0 Å². The van der Waals surface area contributed by atoms with Crippen molar-refractivity contribution >= 4 is 5.97 Å². The summed E-state index contributed by atoms with van der Waals surface area (Å²) in [6.07, 6.45) is 2.02. The van der Waals surface area contributed by atoms with E-state index in [4.69, 9.17) is 14.6 Å². The van der Waals surface area contributed by atoms with E-state index in [0.29, 0.717) is 12.2 Å². The van der Waals surface area contributed by atoms with E-state index in [0.717, 1.165) is 19.4 Å². The Balaban J connectivity index is 1.85. The van der Waals surface area contributed by atoms with Gasteiger partial charge >= 0.3 is 5.97 Å². The van der Waals surface area contributed by atoms with Gasteiger partial charge in [0.05, 0.1) is 11.7 Å². The van der Waals surface area contributed by atoms with Crippen molar-refractivity contribution in [3.63, 3.8) is 0 Å². The van der Waals surface area contributed by atoms with Crippen LogP contribution in [0.2, 0.25) is 0 Å². The van der Waals surface area contributed by atoms with Gasteiger partial charge in [-0.15, -0.1) is 0 Å². The Labute approximate surface area is 93.8 Å². The van der Waals surface area contributed by atoms with Gasteiger partial charge in [-0.05, 0) is 37.1 Å². The molecular formula is C12H14O4. The lowest BCUT2D eigenvalue weighted by atomic mass is 10.2. The summed E-state index contributed by atoms with van der Waals surface area (Å²) in [5.41, 5.74) is 0.441. The molecule has 1 unspecified atom stereocenters. The molecule has 1 heterocycles. The van der Waals surface area contributed by atoms with Gasteiger partial charge in [-0.3, -0.25) is 0 Å². The minimum Gasteiger partial charge on any atom is -0.508 e. The lowest BCUT2D eigenvalue weighted by molar-refractivity contribution is 0.0161. The van der Waals surface area contributed by atoms with Crippen molar-refractivity contribution in [3.05, 3.63) is 29.8 Å².